The van der Waals surface area contributed by atoms with Crippen molar-refractivity contribution in [2.24, 2.45) is 0 Å². The maximum atomic E-state index is 12.8. The average molecular weight is 340 g/mol. The van der Waals surface area contributed by atoms with Gasteiger partial charge >= 0.3 is 0 Å². The number of carbonyl (C=O) groups excluding carboxylic acids is 1. The van der Waals surface area contributed by atoms with Crippen molar-refractivity contribution in [1.29, 1.82) is 0 Å². The lowest BCUT2D eigenvalue weighted by atomic mass is 10.0. The predicted octanol–water partition coefficient (Wildman–Crippen LogP) is 1.42. The molecule has 6 nitrogen and oxygen atoms in total. The van der Waals surface area contributed by atoms with Gasteiger partial charge in [-0.1, -0.05) is 0 Å². The van der Waals surface area contributed by atoms with Crippen LogP contribution in [0.3, 0.4) is 0 Å². The maximum Gasteiger partial charge on any atom is 0.254 e. The molecule has 1 aromatic carbocycles. The summed E-state index contributed by atoms with van der Waals surface area (Å²) in [5.74, 6) is 0.710. The van der Waals surface area contributed by atoms with Crippen molar-refractivity contribution in [2.45, 2.75) is 20.3 Å². The summed E-state index contributed by atoms with van der Waals surface area (Å²) in [4.78, 5) is 14.5. The molecule has 0 N–H and O–H groups in total. The summed E-state index contributed by atoms with van der Waals surface area (Å²) in [5, 5.41) is 0. The van der Waals surface area contributed by atoms with E-state index in [0.717, 1.165) is 16.9 Å². The van der Waals surface area contributed by atoms with E-state index in [9.17, 15) is 13.2 Å². The number of hydrogen-bond donors (Lipinski definition) is 0. The Morgan fingerprint density at radius 2 is 1.78 bits per heavy atom. The Kier molecular flexibility index (Phi) is 5.31. The predicted molar refractivity (Wildman–Crippen MR) is 89.4 cm³/mol. The Morgan fingerprint density at radius 1 is 1.09 bits per heavy atom. The number of sulfonamides is 1. The Bertz CT molecular complexity index is 700. The smallest absolute Gasteiger partial charge is 0.254 e. The van der Waals surface area contributed by atoms with Crippen LogP contribution in [-0.2, 0) is 10.0 Å². The van der Waals surface area contributed by atoms with Gasteiger partial charge in [-0.2, -0.15) is 0 Å². The van der Waals surface area contributed by atoms with E-state index in [1.807, 2.05) is 13.8 Å². The van der Waals surface area contributed by atoms with E-state index >= 15 is 0 Å². The summed E-state index contributed by atoms with van der Waals surface area (Å²) in [5.41, 5.74) is 2.50. The average Bonchev–Trinajstić information content (AvgIpc) is 2.75. The number of ether oxygens (including phenoxy) is 1. The Hall–Kier alpha value is -1.60. The maximum absolute atomic E-state index is 12.8. The molecule has 1 aliphatic heterocycles. The number of hydrogen-bond acceptors (Lipinski definition) is 4. The van der Waals surface area contributed by atoms with Crippen LogP contribution in [0.1, 0.15) is 27.9 Å². The Balaban J connectivity index is 2.20. The molecule has 0 unspecified atom stereocenters. The van der Waals surface area contributed by atoms with E-state index in [-0.39, 0.29) is 5.91 Å². The SMILES string of the molecule is COc1ccc(C(=O)N2CCCN(S(C)(=O)=O)CC2)c(C)c1C. The van der Waals surface area contributed by atoms with Crippen LogP contribution >= 0.6 is 0 Å². The molecule has 0 spiro atoms. The van der Waals surface area contributed by atoms with E-state index in [2.05, 4.69) is 0 Å². The topological polar surface area (TPSA) is 66.9 Å². The molecule has 23 heavy (non-hydrogen) atoms. The Labute approximate surface area is 138 Å². The van der Waals surface area contributed by atoms with Crippen LogP contribution < -0.4 is 4.74 Å². The van der Waals surface area contributed by atoms with Gasteiger partial charge in [0.25, 0.3) is 5.91 Å². The number of methoxy groups -OCH3 is 1. The number of nitrogens with zero attached hydrogens (tertiary/aromatic N) is 2. The monoisotopic (exact) mass is 340 g/mol. The van der Waals surface area contributed by atoms with Crippen molar-refractivity contribution in [3.63, 3.8) is 0 Å². The summed E-state index contributed by atoms with van der Waals surface area (Å²) >= 11 is 0. The van der Waals surface area contributed by atoms with Gasteiger partial charge in [0, 0.05) is 31.7 Å². The second-order valence-corrected chi connectivity index (χ2v) is 7.86. The van der Waals surface area contributed by atoms with Crippen molar-refractivity contribution in [3.05, 3.63) is 28.8 Å². The molecule has 0 atom stereocenters. The van der Waals surface area contributed by atoms with Crippen LogP contribution in [0.4, 0.5) is 0 Å². The highest BCUT2D eigenvalue weighted by Crippen LogP contribution is 2.25. The molecular weight excluding hydrogens is 316 g/mol. The standard InChI is InChI=1S/C16H24N2O4S/c1-12-13(2)15(22-3)7-6-14(12)16(19)17-8-5-9-18(11-10-17)23(4,20)21/h6-7H,5,8-11H2,1-4H3. The van der Waals surface area contributed by atoms with E-state index in [0.29, 0.717) is 38.2 Å². The van der Waals surface area contributed by atoms with Crippen LogP contribution in [-0.4, -0.2) is 63.1 Å². The van der Waals surface area contributed by atoms with Crippen LogP contribution in [0, 0.1) is 13.8 Å². The number of carbonyl (C=O) groups is 1. The third kappa shape index (κ3) is 3.84. The normalized spacial score (nSPS) is 17.0. The molecule has 0 radical (unpaired) electrons. The first-order chi connectivity index (χ1) is 10.8. The number of amides is 1. The first-order valence-corrected chi connectivity index (χ1v) is 9.49. The van der Waals surface area contributed by atoms with E-state index in [4.69, 9.17) is 4.74 Å². The second-order valence-electron chi connectivity index (χ2n) is 5.87. The fourth-order valence-corrected chi connectivity index (χ4v) is 3.72. The molecule has 2 rings (SSSR count). The highest BCUT2D eigenvalue weighted by atomic mass is 32.2. The molecule has 1 aromatic rings. The van der Waals surface area contributed by atoms with Crippen molar-refractivity contribution >= 4 is 15.9 Å². The zero-order valence-corrected chi connectivity index (χ0v) is 14.9. The summed E-state index contributed by atoms with van der Waals surface area (Å²) in [6, 6.07) is 3.58. The van der Waals surface area contributed by atoms with E-state index in [1.165, 1.54) is 10.6 Å². The van der Waals surface area contributed by atoms with Crippen molar-refractivity contribution in [2.75, 3.05) is 39.5 Å². The van der Waals surface area contributed by atoms with Gasteiger partial charge in [0.2, 0.25) is 10.0 Å². The third-order valence-electron chi connectivity index (χ3n) is 4.40. The van der Waals surface area contributed by atoms with E-state index in [1.54, 1.807) is 24.1 Å². The molecule has 1 heterocycles. The molecule has 0 aliphatic carbocycles. The van der Waals surface area contributed by atoms with Gasteiger partial charge in [-0.25, -0.2) is 12.7 Å². The van der Waals surface area contributed by atoms with E-state index < -0.39 is 10.0 Å². The summed E-state index contributed by atoms with van der Waals surface area (Å²) in [6.45, 7) is 5.62. The quantitative estimate of drug-likeness (QED) is 0.835. The van der Waals surface area contributed by atoms with Gasteiger partial charge in [-0.05, 0) is 43.5 Å². The van der Waals surface area contributed by atoms with Crippen molar-refractivity contribution in [1.82, 2.24) is 9.21 Å². The van der Waals surface area contributed by atoms with Crippen LogP contribution in [0.2, 0.25) is 0 Å². The molecule has 1 fully saturated rings. The molecular formula is C16H24N2O4S. The molecule has 0 aromatic heterocycles. The second kappa shape index (κ2) is 6.88. The largest absolute Gasteiger partial charge is 0.496 e. The first-order valence-electron chi connectivity index (χ1n) is 7.64. The minimum Gasteiger partial charge on any atom is -0.496 e. The fraction of sp³-hybridized carbons (Fsp3) is 0.562. The lowest BCUT2D eigenvalue weighted by Crippen LogP contribution is -2.37. The summed E-state index contributed by atoms with van der Waals surface area (Å²) < 4.78 is 30.0. The van der Waals surface area contributed by atoms with Crippen molar-refractivity contribution < 1.29 is 17.9 Å². The zero-order chi connectivity index (χ0) is 17.2. The lowest BCUT2D eigenvalue weighted by molar-refractivity contribution is 0.0763. The first kappa shape index (κ1) is 17.7. The minimum atomic E-state index is -3.21. The summed E-state index contributed by atoms with van der Waals surface area (Å²) in [7, 11) is -1.60. The molecule has 7 heteroatoms. The van der Waals surface area contributed by atoms with Crippen LogP contribution in [0.5, 0.6) is 5.75 Å². The molecule has 128 valence electrons. The molecule has 1 saturated heterocycles. The van der Waals surface area contributed by atoms with Crippen LogP contribution in [0.25, 0.3) is 0 Å². The fourth-order valence-electron chi connectivity index (χ4n) is 2.85. The minimum absolute atomic E-state index is 0.0522. The number of rotatable bonds is 3. The lowest BCUT2D eigenvalue weighted by Gasteiger charge is -2.22. The molecule has 1 amide bonds. The Morgan fingerprint density at radius 3 is 2.39 bits per heavy atom. The molecule has 1 aliphatic rings. The van der Waals surface area contributed by atoms with Crippen molar-refractivity contribution in [3.8, 4) is 5.75 Å². The third-order valence-corrected chi connectivity index (χ3v) is 5.70. The van der Waals surface area contributed by atoms with Gasteiger partial charge in [-0.3, -0.25) is 4.79 Å². The van der Waals surface area contributed by atoms with Gasteiger partial charge in [0.05, 0.1) is 13.4 Å². The molecule has 0 bridgehead atoms. The zero-order valence-electron chi connectivity index (χ0n) is 14.1. The van der Waals surface area contributed by atoms with Gasteiger partial charge in [-0.15, -0.1) is 0 Å². The molecule has 0 saturated carbocycles. The summed E-state index contributed by atoms with van der Waals surface area (Å²) in [6.07, 6.45) is 1.86. The van der Waals surface area contributed by atoms with Gasteiger partial charge in [0.15, 0.2) is 0 Å². The van der Waals surface area contributed by atoms with Crippen LogP contribution in [0.15, 0.2) is 12.1 Å². The number of benzene rings is 1. The van der Waals surface area contributed by atoms with Gasteiger partial charge in [0.1, 0.15) is 5.75 Å². The highest BCUT2D eigenvalue weighted by Gasteiger charge is 2.25. The highest BCUT2D eigenvalue weighted by molar-refractivity contribution is 7.88. The van der Waals surface area contributed by atoms with Gasteiger partial charge < -0.3 is 9.64 Å².